The van der Waals surface area contributed by atoms with Crippen molar-refractivity contribution in [1.29, 1.82) is 5.26 Å². The van der Waals surface area contributed by atoms with E-state index in [-0.39, 0.29) is 28.1 Å². The predicted octanol–water partition coefficient (Wildman–Crippen LogP) is 0.821. The summed E-state index contributed by atoms with van der Waals surface area (Å²) < 4.78 is 31.8. The number of benzene rings is 1. The second kappa shape index (κ2) is 6.73. The number of halogens is 1. The fourth-order valence-corrected chi connectivity index (χ4v) is 3.69. The summed E-state index contributed by atoms with van der Waals surface area (Å²) in [6.45, 7) is 2.13. The zero-order chi connectivity index (χ0) is 15.5. The van der Waals surface area contributed by atoms with E-state index < -0.39 is 10.0 Å². The molecule has 0 aliphatic carbocycles. The van der Waals surface area contributed by atoms with Crippen LogP contribution in [0.5, 0.6) is 0 Å². The lowest BCUT2D eigenvalue weighted by molar-refractivity contribution is 0.0206. The average molecular weight is 330 g/mol. The minimum absolute atomic E-state index is 0.0777. The molecule has 1 aliphatic rings. The lowest BCUT2D eigenvalue weighted by Gasteiger charge is -2.27. The number of nitrogens with one attached hydrogen (secondary N) is 1. The molecule has 1 aromatic carbocycles. The fourth-order valence-electron chi connectivity index (χ4n) is 2.09. The molecule has 1 aliphatic heterocycles. The van der Waals surface area contributed by atoms with E-state index in [9.17, 15) is 8.42 Å². The van der Waals surface area contributed by atoms with Crippen LogP contribution in [-0.2, 0) is 14.8 Å². The van der Waals surface area contributed by atoms with Gasteiger partial charge in [0.05, 0.1) is 18.3 Å². The van der Waals surface area contributed by atoms with Gasteiger partial charge in [-0.25, -0.2) is 8.42 Å². The molecule has 1 fully saturated rings. The van der Waals surface area contributed by atoms with Gasteiger partial charge in [-0.3, -0.25) is 0 Å². The highest BCUT2D eigenvalue weighted by Gasteiger charge is 2.27. The molecule has 1 unspecified atom stereocenters. The number of likely N-dealkylation sites (N-methyl/N-ethyl adjacent to an activating group) is 1. The summed E-state index contributed by atoms with van der Waals surface area (Å²) in [5.74, 6) is 0. The highest BCUT2D eigenvalue weighted by molar-refractivity contribution is 7.89. The Bertz CT molecular complexity index is 651. The molecular weight excluding hydrogens is 314 g/mol. The average Bonchev–Trinajstić information content (AvgIpc) is 2.48. The number of ether oxygens (including phenoxy) is 1. The number of sulfonamides is 1. The largest absolute Gasteiger partial charge is 0.374 e. The molecule has 0 radical (unpaired) electrons. The molecule has 2 rings (SSSR count). The molecule has 0 spiro atoms. The van der Waals surface area contributed by atoms with Crippen molar-refractivity contribution in [3.8, 4) is 6.07 Å². The fraction of sp³-hybridized carbons (Fsp3) is 0.462. The first kappa shape index (κ1) is 16.2. The maximum atomic E-state index is 12.6. The van der Waals surface area contributed by atoms with E-state index in [0.717, 1.165) is 6.54 Å². The normalized spacial score (nSPS) is 19.4. The molecule has 0 saturated carbocycles. The van der Waals surface area contributed by atoms with Crippen LogP contribution in [0.3, 0.4) is 0 Å². The molecule has 0 amide bonds. The zero-order valence-electron chi connectivity index (χ0n) is 11.5. The minimum atomic E-state index is -3.79. The third-order valence-electron chi connectivity index (χ3n) is 3.22. The molecule has 114 valence electrons. The van der Waals surface area contributed by atoms with Crippen molar-refractivity contribution in [1.82, 2.24) is 9.62 Å². The van der Waals surface area contributed by atoms with E-state index >= 15 is 0 Å². The zero-order valence-corrected chi connectivity index (χ0v) is 13.1. The van der Waals surface area contributed by atoms with Gasteiger partial charge < -0.3 is 10.1 Å². The molecule has 6 nitrogen and oxygen atoms in total. The van der Waals surface area contributed by atoms with Crippen molar-refractivity contribution in [2.24, 2.45) is 0 Å². The molecule has 1 N–H and O–H groups in total. The summed E-state index contributed by atoms with van der Waals surface area (Å²) in [7, 11) is -2.32. The van der Waals surface area contributed by atoms with Crippen LogP contribution in [0, 0.1) is 11.3 Å². The lowest BCUT2D eigenvalue weighted by atomic mass is 10.2. The van der Waals surface area contributed by atoms with Gasteiger partial charge in [-0.1, -0.05) is 11.6 Å². The number of hydrogen-bond acceptors (Lipinski definition) is 5. The quantitative estimate of drug-likeness (QED) is 0.884. The minimum Gasteiger partial charge on any atom is -0.374 e. The van der Waals surface area contributed by atoms with Gasteiger partial charge in [-0.15, -0.1) is 0 Å². The Morgan fingerprint density at radius 2 is 2.33 bits per heavy atom. The van der Waals surface area contributed by atoms with E-state index in [1.807, 2.05) is 6.07 Å². The number of hydrogen-bond donors (Lipinski definition) is 1. The van der Waals surface area contributed by atoms with Gasteiger partial charge in [-0.05, 0) is 18.2 Å². The van der Waals surface area contributed by atoms with E-state index in [1.165, 1.54) is 29.6 Å². The van der Waals surface area contributed by atoms with Crippen LogP contribution < -0.4 is 5.32 Å². The van der Waals surface area contributed by atoms with Crippen LogP contribution in [0.25, 0.3) is 0 Å². The third kappa shape index (κ3) is 3.73. The molecule has 21 heavy (non-hydrogen) atoms. The van der Waals surface area contributed by atoms with E-state index in [2.05, 4.69) is 5.32 Å². The first-order valence-corrected chi connectivity index (χ1v) is 8.25. The summed E-state index contributed by atoms with van der Waals surface area (Å²) >= 11 is 5.85. The molecular formula is C13H16ClN3O3S. The second-order valence-electron chi connectivity index (χ2n) is 4.73. The lowest BCUT2D eigenvalue weighted by Crippen LogP contribution is -2.45. The molecule has 8 heteroatoms. The SMILES string of the molecule is CN(CC1CNCCO1)S(=O)(=O)c1cc(Cl)ccc1C#N. The smallest absolute Gasteiger partial charge is 0.244 e. The van der Waals surface area contributed by atoms with Crippen LogP contribution in [0.15, 0.2) is 23.1 Å². The summed E-state index contributed by atoms with van der Waals surface area (Å²) in [6, 6.07) is 6.07. The molecule has 1 saturated heterocycles. The van der Waals surface area contributed by atoms with Crippen LogP contribution >= 0.6 is 11.6 Å². The molecule has 1 aromatic rings. The maximum Gasteiger partial charge on any atom is 0.244 e. The van der Waals surface area contributed by atoms with Crippen molar-refractivity contribution in [2.75, 3.05) is 33.3 Å². The Morgan fingerprint density at radius 3 is 2.95 bits per heavy atom. The first-order valence-electron chi connectivity index (χ1n) is 6.43. The van der Waals surface area contributed by atoms with Gasteiger partial charge in [0, 0.05) is 31.7 Å². The van der Waals surface area contributed by atoms with Crippen molar-refractivity contribution in [3.05, 3.63) is 28.8 Å². The first-order chi connectivity index (χ1) is 9.95. The Labute approximate surface area is 129 Å². The van der Waals surface area contributed by atoms with Crippen molar-refractivity contribution >= 4 is 21.6 Å². The molecule has 1 atom stereocenters. The Hall–Kier alpha value is -1.17. The van der Waals surface area contributed by atoms with E-state index in [4.69, 9.17) is 21.6 Å². The van der Waals surface area contributed by atoms with Gasteiger partial charge in [0.2, 0.25) is 10.0 Å². The van der Waals surface area contributed by atoms with Gasteiger partial charge in [0.1, 0.15) is 11.0 Å². The van der Waals surface area contributed by atoms with Crippen LogP contribution in [0.2, 0.25) is 5.02 Å². The van der Waals surface area contributed by atoms with Gasteiger partial charge >= 0.3 is 0 Å². The van der Waals surface area contributed by atoms with Crippen molar-refractivity contribution in [3.63, 3.8) is 0 Å². The summed E-state index contributed by atoms with van der Waals surface area (Å²) in [4.78, 5) is -0.0798. The highest BCUT2D eigenvalue weighted by atomic mass is 35.5. The Balaban J connectivity index is 2.24. The Morgan fingerprint density at radius 1 is 1.57 bits per heavy atom. The van der Waals surface area contributed by atoms with Gasteiger partial charge in [-0.2, -0.15) is 9.57 Å². The van der Waals surface area contributed by atoms with Crippen molar-refractivity contribution < 1.29 is 13.2 Å². The van der Waals surface area contributed by atoms with Crippen molar-refractivity contribution in [2.45, 2.75) is 11.0 Å². The monoisotopic (exact) mass is 329 g/mol. The Kier molecular flexibility index (Phi) is 5.19. The summed E-state index contributed by atoms with van der Waals surface area (Å²) in [6.07, 6.45) is -0.205. The highest BCUT2D eigenvalue weighted by Crippen LogP contribution is 2.23. The van der Waals surface area contributed by atoms with E-state index in [0.29, 0.717) is 13.2 Å². The van der Waals surface area contributed by atoms with Gasteiger partial charge in [0.25, 0.3) is 0 Å². The number of nitrogens with zero attached hydrogens (tertiary/aromatic N) is 2. The van der Waals surface area contributed by atoms with Crippen LogP contribution in [0.4, 0.5) is 0 Å². The standard InChI is InChI=1S/C13H16ClN3O3S/c1-17(9-12-8-16-4-5-20-12)21(18,19)13-6-11(14)3-2-10(13)7-15/h2-3,6,12,16H,4-5,8-9H2,1H3. The number of nitriles is 1. The predicted molar refractivity (Wildman–Crippen MR) is 78.6 cm³/mol. The third-order valence-corrected chi connectivity index (χ3v) is 5.32. The molecule has 0 aromatic heterocycles. The van der Waals surface area contributed by atoms with Gasteiger partial charge in [0.15, 0.2) is 0 Å². The van der Waals surface area contributed by atoms with Crippen LogP contribution in [0.1, 0.15) is 5.56 Å². The number of morpholine rings is 1. The molecule has 1 heterocycles. The summed E-state index contributed by atoms with van der Waals surface area (Å²) in [5, 5.41) is 12.5. The second-order valence-corrected chi connectivity index (χ2v) is 7.18. The summed E-state index contributed by atoms with van der Waals surface area (Å²) in [5.41, 5.74) is 0.0777. The van der Waals surface area contributed by atoms with E-state index in [1.54, 1.807) is 0 Å². The number of rotatable bonds is 4. The maximum absolute atomic E-state index is 12.6. The topological polar surface area (TPSA) is 82.4 Å². The molecule has 0 bridgehead atoms. The van der Waals surface area contributed by atoms with Crippen LogP contribution in [-0.4, -0.2) is 52.1 Å².